The zero-order valence-electron chi connectivity index (χ0n) is 11.5. The summed E-state index contributed by atoms with van der Waals surface area (Å²) in [4.78, 5) is 22.0. The lowest BCUT2D eigenvalue weighted by atomic mass is 10.1. The Balaban J connectivity index is 1.93. The maximum Gasteiger partial charge on any atom is 0.227 e. The van der Waals surface area contributed by atoms with Gasteiger partial charge in [0, 0.05) is 38.8 Å². The summed E-state index contributed by atoms with van der Waals surface area (Å²) in [5, 5.41) is 6.15. The molecule has 1 aromatic rings. The van der Waals surface area contributed by atoms with Gasteiger partial charge in [0.1, 0.15) is 5.82 Å². The first-order valence-corrected chi connectivity index (χ1v) is 6.78. The average Bonchev–Trinajstić information content (AvgIpc) is 2.40. The third kappa shape index (κ3) is 3.81. The van der Waals surface area contributed by atoms with E-state index >= 15 is 0 Å². The molecule has 6 nitrogen and oxygen atoms in total. The first-order chi connectivity index (χ1) is 9.19. The zero-order chi connectivity index (χ0) is 13.7. The molecule has 0 atom stereocenters. The summed E-state index contributed by atoms with van der Waals surface area (Å²) in [6.07, 6.45) is 3.66. The number of nitrogens with zero attached hydrogens (tertiary/aromatic N) is 3. The maximum absolute atomic E-state index is 11.0. The number of anilines is 2. The van der Waals surface area contributed by atoms with Gasteiger partial charge in [-0.05, 0) is 25.8 Å². The van der Waals surface area contributed by atoms with Crippen molar-refractivity contribution in [2.45, 2.75) is 32.7 Å². The van der Waals surface area contributed by atoms with Crippen molar-refractivity contribution in [1.29, 1.82) is 0 Å². The Morgan fingerprint density at radius 3 is 2.84 bits per heavy atom. The molecule has 19 heavy (non-hydrogen) atoms. The molecular formula is C13H21N5O. The first kappa shape index (κ1) is 13.6. The van der Waals surface area contributed by atoms with Crippen LogP contribution in [0.1, 0.15) is 26.7 Å². The van der Waals surface area contributed by atoms with E-state index < -0.39 is 0 Å². The number of piperidine rings is 1. The molecule has 2 rings (SSSR count). The van der Waals surface area contributed by atoms with Crippen LogP contribution in [0.3, 0.4) is 0 Å². The lowest BCUT2D eigenvalue weighted by molar-refractivity contribution is -0.119. The van der Waals surface area contributed by atoms with Crippen LogP contribution in [0, 0.1) is 0 Å². The van der Waals surface area contributed by atoms with E-state index in [9.17, 15) is 4.79 Å². The highest BCUT2D eigenvalue weighted by atomic mass is 16.1. The van der Waals surface area contributed by atoms with Crippen molar-refractivity contribution < 1.29 is 4.79 Å². The zero-order valence-corrected chi connectivity index (χ0v) is 11.5. The van der Waals surface area contributed by atoms with Crippen LogP contribution in [0.15, 0.2) is 12.3 Å². The van der Waals surface area contributed by atoms with Crippen LogP contribution in [0.2, 0.25) is 0 Å². The van der Waals surface area contributed by atoms with Gasteiger partial charge in [-0.3, -0.25) is 4.79 Å². The Morgan fingerprint density at radius 1 is 1.47 bits per heavy atom. The van der Waals surface area contributed by atoms with Crippen LogP contribution >= 0.6 is 0 Å². The molecule has 1 aliphatic rings. The van der Waals surface area contributed by atoms with Crippen molar-refractivity contribution in [2.75, 3.05) is 29.9 Å². The van der Waals surface area contributed by atoms with Gasteiger partial charge in [-0.15, -0.1) is 0 Å². The van der Waals surface area contributed by atoms with E-state index in [1.165, 1.54) is 0 Å². The molecule has 0 aromatic carbocycles. The minimum Gasteiger partial charge on any atom is -0.370 e. The van der Waals surface area contributed by atoms with Gasteiger partial charge in [-0.25, -0.2) is 4.98 Å². The van der Waals surface area contributed by atoms with Gasteiger partial charge in [0.05, 0.1) is 0 Å². The third-order valence-electron chi connectivity index (χ3n) is 3.19. The van der Waals surface area contributed by atoms with Crippen molar-refractivity contribution in [3.8, 4) is 0 Å². The maximum atomic E-state index is 11.0. The molecular weight excluding hydrogens is 242 g/mol. The van der Waals surface area contributed by atoms with Crippen molar-refractivity contribution in [3.63, 3.8) is 0 Å². The van der Waals surface area contributed by atoms with Gasteiger partial charge >= 0.3 is 0 Å². The number of amides is 1. The Labute approximate surface area is 113 Å². The van der Waals surface area contributed by atoms with Crippen LogP contribution in [-0.4, -0.2) is 41.6 Å². The molecule has 0 spiro atoms. The minimum atomic E-state index is 0.0452. The Hall–Kier alpha value is -1.85. The molecule has 1 aliphatic heterocycles. The van der Waals surface area contributed by atoms with Crippen LogP contribution in [0.25, 0.3) is 0 Å². The molecule has 1 saturated heterocycles. The van der Waals surface area contributed by atoms with Gasteiger partial charge in [0.2, 0.25) is 11.9 Å². The standard InChI is InChI=1S/C13H21N5O/c1-3-14-12-4-7-15-13(17-12)18-8-5-11(6-9-18)16-10(2)19/h4,7,11H,3,5-6,8-9H2,1-2H3,(H,16,19)(H,14,15,17). The Bertz CT molecular complexity index is 429. The fraction of sp³-hybridized carbons (Fsp3) is 0.615. The summed E-state index contributed by atoms with van der Waals surface area (Å²) in [6, 6.07) is 2.16. The molecule has 0 radical (unpaired) electrons. The number of hydrogen-bond donors (Lipinski definition) is 2. The van der Waals surface area contributed by atoms with Crippen LogP contribution < -0.4 is 15.5 Å². The Kier molecular flexibility index (Phi) is 4.54. The molecule has 2 heterocycles. The van der Waals surface area contributed by atoms with Crippen molar-refractivity contribution in [3.05, 3.63) is 12.3 Å². The van der Waals surface area contributed by atoms with Gasteiger partial charge in [-0.1, -0.05) is 0 Å². The van der Waals surface area contributed by atoms with Crippen LogP contribution in [-0.2, 0) is 4.79 Å². The van der Waals surface area contributed by atoms with E-state index in [-0.39, 0.29) is 11.9 Å². The molecule has 0 aliphatic carbocycles. The summed E-state index contributed by atoms with van der Waals surface area (Å²) in [7, 11) is 0. The largest absolute Gasteiger partial charge is 0.370 e. The number of aromatic nitrogens is 2. The van der Waals surface area contributed by atoms with E-state index in [1.54, 1.807) is 13.1 Å². The molecule has 104 valence electrons. The van der Waals surface area contributed by atoms with Gasteiger partial charge < -0.3 is 15.5 Å². The fourth-order valence-corrected chi connectivity index (χ4v) is 2.29. The van der Waals surface area contributed by atoms with E-state index in [0.717, 1.165) is 44.2 Å². The number of nitrogens with one attached hydrogen (secondary N) is 2. The third-order valence-corrected chi connectivity index (χ3v) is 3.19. The quantitative estimate of drug-likeness (QED) is 0.848. The molecule has 6 heteroatoms. The normalized spacial score (nSPS) is 16.2. The van der Waals surface area contributed by atoms with E-state index in [0.29, 0.717) is 0 Å². The number of hydrogen-bond acceptors (Lipinski definition) is 5. The predicted octanol–water partition coefficient (Wildman–Crippen LogP) is 1.01. The minimum absolute atomic E-state index is 0.0452. The fourth-order valence-electron chi connectivity index (χ4n) is 2.29. The van der Waals surface area contributed by atoms with Gasteiger partial charge in [-0.2, -0.15) is 4.98 Å². The van der Waals surface area contributed by atoms with Crippen LogP contribution in [0.4, 0.5) is 11.8 Å². The van der Waals surface area contributed by atoms with E-state index in [2.05, 4.69) is 25.5 Å². The predicted molar refractivity (Wildman–Crippen MR) is 75.2 cm³/mol. The summed E-state index contributed by atoms with van der Waals surface area (Å²) >= 11 is 0. The second-order valence-corrected chi connectivity index (χ2v) is 4.73. The van der Waals surface area contributed by atoms with Crippen molar-refractivity contribution in [1.82, 2.24) is 15.3 Å². The molecule has 1 fully saturated rings. The van der Waals surface area contributed by atoms with Gasteiger partial charge in [0.25, 0.3) is 0 Å². The van der Waals surface area contributed by atoms with Gasteiger partial charge in [0.15, 0.2) is 0 Å². The van der Waals surface area contributed by atoms with E-state index in [1.807, 2.05) is 13.0 Å². The lowest BCUT2D eigenvalue weighted by Gasteiger charge is -2.32. The average molecular weight is 263 g/mol. The molecule has 1 amide bonds. The SMILES string of the molecule is CCNc1ccnc(N2CCC(NC(C)=O)CC2)n1. The molecule has 1 aromatic heterocycles. The van der Waals surface area contributed by atoms with Crippen LogP contribution in [0.5, 0.6) is 0 Å². The summed E-state index contributed by atoms with van der Waals surface area (Å²) in [5.41, 5.74) is 0. The second-order valence-electron chi connectivity index (χ2n) is 4.73. The highest BCUT2D eigenvalue weighted by Gasteiger charge is 2.21. The topological polar surface area (TPSA) is 70.2 Å². The van der Waals surface area contributed by atoms with Crippen molar-refractivity contribution in [2.24, 2.45) is 0 Å². The molecule has 0 unspecified atom stereocenters. The Morgan fingerprint density at radius 2 is 2.21 bits per heavy atom. The van der Waals surface area contributed by atoms with E-state index in [4.69, 9.17) is 0 Å². The second kappa shape index (κ2) is 6.36. The summed E-state index contributed by atoms with van der Waals surface area (Å²) in [6.45, 7) is 6.21. The highest BCUT2D eigenvalue weighted by Crippen LogP contribution is 2.17. The summed E-state index contributed by atoms with van der Waals surface area (Å²) in [5.74, 6) is 1.67. The highest BCUT2D eigenvalue weighted by molar-refractivity contribution is 5.73. The number of rotatable bonds is 4. The smallest absolute Gasteiger partial charge is 0.227 e. The number of carbonyl (C=O) groups is 1. The molecule has 0 bridgehead atoms. The lowest BCUT2D eigenvalue weighted by Crippen LogP contribution is -2.44. The molecule has 2 N–H and O–H groups in total. The summed E-state index contributed by atoms with van der Waals surface area (Å²) < 4.78 is 0. The first-order valence-electron chi connectivity index (χ1n) is 6.78. The van der Waals surface area contributed by atoms with Crippen molar-refractivity contribution >= 4 is 17.7 Å². The molecule has 0 saturated carbocycles. The number of carbonyl (C=O) groups excluding carboxylic acids is 1. The monoisotopic (exact) mass is 263 g/mol.